The average Bonchev–Trinajstić information content (AvgIpc) is 2.84. The summed E-state index contributed by atoms with van der Waals surface area (Å²) >= 11 is 0. The molecule has 32 heavy (non-hydrogen) atoms. The van der Waals surface area contributed by atoms with Gasteiger partial charge in [0.1, 0.15) is 5.70 Å². The topological polar surface area (TPSA) is 102 Å². The van der Waals surface area contributed by atoms with Crippen LogP contribution in [0, 0.1) is 0 Å². The zero-order valence-electron chi connectivity index (χ0n) is 17.6. The number of methoxy groups -OCH3 is 2. The lowest BCUT2D eigenvalue weighted by molar-refractivity contribution is -0.117. The molecule has 0 saturated carbocycles. The molecule has 3 rings (SSSR count). The largest absolute Gasteiger partial charge is 0.493 e. The molecule has 2 aromatic carbocycles. The SMILES string of the molecule is COc1ccc(C=C(NC(=O)c2ccccc2)C(=O)NN=Cc2ccccn2)cc1OC. The van der Waals surface area contributed by atoms with Crippen molar-refractivity contribution in [2.24, 2.45) is 5.10 Å². The van der Waals surface area contributed by atoms with Crippen molar-refractivity contribution >= 4 is 24.1 Å². The van der Waals surface area contributed by atoms with Crippen LogP contribution < -0.4 is 20.2 Å². The maximum atomic E-state index is 12.8. The number of benzene rings is 2. The first-order chi connectivity index (χ1) is 15.6. The van der Waals surface area contributed by atoms with Crippen LogP contribution in [0.4, 0.5) is 0 Å². The first-order valence-electron chi connectivity index (χ1n) is 9.65. The Labute approximate surface area is 185 Å². The first-order valence-corrected chi connectivity index (χ1v) is 9.65. The van der Waals surface area contributed by atoms with Gasteiger partial charge in [0.15, 0.2) is 11.5 Å². The van der Waals surface area contributed by atoms with E-state index in [2.05, 4.69) is 20.8 Å². The van der Waals surface area contributed by atoms with Crippen LogP contribution >= 0.6 is 0 Å². The normalized spacial score (nSPS) is 11.1. The maximum Gasteiger partial charge on any atom is 0.287 e. The smallest absolute Gasteiger partial charge is 0.287 e. The van der Waals surface area contributed by atoms with E-state index in [1.165, 1.54) is 26.5 Å². The molecule has 3 aromatic rings. The number of rotatable bonds is 8. The summed E-state index contributed by atoms with van der Waals surface area (Å²) in [6.45, 7) is 0. The van der Waals surface area contributed by atoms with E-state index in [0.29, 0.717) is 28.3 Å². The predicted octanol–water partition coefficient (Wildman–Crippen LogP) is 3.02. The summed E-state index contributed by atoms with van der Waals surface area (Å²) in [6.07, 6.45) is 4.55. The van der Waals surface area contributed by atoms with Crippen LogP contribution in [0.2, 0.25) is 0 Å². The third kappa shape index (κ3) is 6.02. The highest BCUT2D eigenvalue weighted by atomic mass is 16.5. The summed E-state index contributed by atoms with van der Waals surface area (Å²) in [5.41, 5.74) is 4.02. The molecule has 0 aliphatic heterocycles. The first kappa shape index (κ1) is 22.2. The third-order valence-corrected chi connectivity index (χ3v) is 4.30. The van der Waals surface area contributed by atoms with E-state index in [-0.39, 0.29) is 5.70 Å². The van der Waals surface area contributed by atoms with Crippen molar-refractivity contribution in [1.82, 2.24) is 15.7 Å². The number of carbonyl (C=O) groups is 2. The lowest BCUT2D eigenvalue weighted by atomic mass is 10.1. The Morgan fingerprint density at radius 2 is 1.69 bits per heavy atom. The van der Waals surface area contributed by atoms with Crippen LogP contribution in [-0.4, -0.2) is 37.2 Å². The molecule has 2 amide bonds. The van der Waals surface area contributed by atoms with Gasteiger partial charge >= 0.3 is 0 Å². The molecule has 2 N–H and O–H groups in total. The zero-order chi connectivity index (χ0) is 22.8. The minimum Gasteiger partial charge on any atom is -0.493 e. The Bertz CT molecular complexity index is 1130. The molecule has 0 unspecified atom stereocenters. The van der Waals surface area contributed by atoms with E-state index < -0.39 is 11.8 Å². The molecule has 0 fully saturated rings. The molecule has 8 nitrogen and oxygen atoms in total. The highest BCUT2D eigenvalue weighted by Gasteiger charge is 2.15. The zero-order valence-corrected chi connectivity index (χ0v) is 17.6. The van der Waals surface area contributed by atoms with Gasteiger partial charge in [-0.15, -0.1) is 0 Å². The molecule has 0 aliphatic carbocycles. The van der Waals surface area contributed by atoms with Gasteiger partial charge in [-0.25, -0.2) is 5.43 Å². The number of pyridine rings is 1. The number of nitrogens with zero attached hydrogens (tertiary/aromatic N) is 2. The summed E-state index contributed by atoms with van der Waals surface area (Å²) < 4.78 is 10.6. The summed E-state index contributed by atoms with van der Waals surface area (Å²) in [5, 5.41) is 6.57. The number of ether oxygens (including phenoxy) is 2. The van der Waals surface area contributed by atoms with Gasteiger partial charge in [-0.3, -0.25) is 14.6 Å². The summed E-state index contributed by atoms with van der Waals surface area (Å²) in [7, 11) is 3.05. The van der Waals surface area contributed by atoms with Crippen LogP contribution in [0.25, 0.3) is 6.08 Å². The molecule has 0 bridgehead atoms. The van der Waals surface area contributed by atoms with Gasteiger partial charge in [0.2, 0.25) is 0 Å². The molecule has 0 atom stereocenters. The Kier molecular flexibility index (Phi) is 7.69. The molecule has 1 aromatic heterocycles. The number of nitrogens with one attached hydrogen (secondary N) is 2. The number of hydrogen-bond acceptors (Lipinski definition) is 6. The molecular formula is C24H22N4O4. The van der Waals surface area contributed by atoms with Crippen LogP contribution in [0.5, 0.6) is 11.5 Å². The van der Waals surface area contributed by atoms with Gasteiger partial charge in [0.05, 0.1) is 26.1 Å². The third-order valence-electron chi connectivity index (χ3n) is 4.30. The van der Waals surface area contributed by atoms with Crippen LogP contribution in [0.3, 0.4) is 0 Å². The fraction of sp³-hybridized carbons (Fsp3) is 0.0833. The van der Waals surface area contributed by atoms with Crippen molar-refractivity contribution in [3.63, 3.8) is 0 Å². The lowest BCUT2D eigenvalue weighted by Crippen LogP contribution is -2.32. The molecule has 8 heteroatoms. The van der Waals surface area contributed by atoms with Crippen molar-refractivity contribution in [3.8, 4) is 11.5 Å². The van der Waals surface area contributed by atoms with E-state index in [1.54, 1.807) is 72.9 Å². The second-order valence-corrected chi connectivity index (χ2v) is 6.45. The van der Waals surface area contributed by atoms with Crippen molar-refractivity contribution < 1.29 is 19.1 Å². The van der Waals surface area contributed by atoms with Crippen LogP contribution in [-0.2, 0) is 4.79 Å². The Balaban J connectivity index is 1.86. The Morgan fingerprint density at radius 3 is 2.38 bits per heavy atom. The fourth-order valence-corrected chi connectivity index (χ4v) is 2.72. The summed E-state index contributed by atoms with van der Waals surface area (Å²) in [5.74, 6) is 0.00456. The standard InChI is InChI=1S/C24H22N4O4/c1-31-21-12-11-17(15-22(21)32-2)14-20(27-23(29)18-8-4-3-5-9-18)24(30)28-26-16-19-10-6-7-13-25-19/h3-16H,1-2H3,(H,27,29)(H,28,30). The van der Waals surface area contributed by atoms with Gasteiger partial charge in [-0.2, -0.15) is 5.10 Å². The minimum atomic E-state index is -0.601. The van der Waals surface area contributed by atoms with Crippen molar-refractivity contribution in [3.05, 3.63) is 95.4 Å². The quantitative estimate of drug-likeness (QED) is 0.325. The molecule has 162 valence electrons. The van der Waals surface area contributed by atoms with Crippen molar-refractivity contribution in [1.29, 1.82) is 0 Å². The van der Waals surface area contributed by atoms with E-state index >= 15 is 0 Å². The fourth-order valence-electron chi connectivity index (χ4n) is 2.72. The van der Waals surface area contributed by atoms with Crippen molar-refractivity contribution in [2.75, 3.05) is 14.2 Å². The summed E-state index contributed by atoms with van der Waals surface area (Å²) in [6, 6.07) is 19.0. The van der Waals surface area contributed by atoms with E-state index in [9.17, 15) is 9.59 Å². The number of aromatic nitrogens is 1. The van der Waals surface area contributed by atoms with E-state index in [4.69, 9.17) is 9.47 Å². The van der Waals surface area contributed by atoms with E-state index in [1.807, 2.05) is 0 Å². The molecule has 0 spiro atoms. The molecule has 1 heterocycles. The minimum absolute atomic E-state index is 0.00393. The number of amides is 2. The highest BCUT2D eigenvalue weighted by molar-refractivity contribution is 6.05. The van der Waals surface area contributed by atoms with Gasteiger partial charge in [0.25, 0.3) is 11.8 Å². The monoisotopic (exact) mass is 430 g/mol. The van der Waals surface area contributed by atoms with Crippen molar-refractivity contribution in [2.45, 2.75) is 0 Å². The van der Waals surface area contributed by atoms with Gasteiger partial charge in [-0.1, -0.05) is 30.3 Å². The molecule has 0 saturated heterocycles. The predicted molar refractivity (Wildman–Crippen MR) is 121 cm³/mol. The lowest BCUT2D eigenvalue weighted by Gasteiger charge is -2.11. The van der Waals surface area contributed by atoms with E-state index in [0.717, 1.165) is 0 Å². The number of carbonyl (C=O) groups excluding carboxylic acids is 2. The van der Waals surface area contributed by atoms with Gasteiger partial charge in [0, 0.05) is 11.8 Å². The second-order valence-electron chi connectivity index (χ2n) is 6.45. The molecular weight excluding hydrogens is 408 g/mol. The highest BCUT2D eigenvalue weighted by Crippen LogP contribution is 2.28. The summed E-state index contributed by atoms with van der Waals surface area (Å²) in [4.78, 5) is 29.5. The Morgan fingerprint density at radius 1 is 0.938 bits per heavy atom. The van der Waals surface area contributed by atoms with Gasteiger partial charge in [-0.05, 0) is 48.0 Å². The maximum absolute atomic E-state index is 12.8. The molecule has 0 radical (unpaired) electrons. The number of hydrazone groups is 1. The number of hydrogen-bond donors (Lipinski definition) is 2. The molecule has 0 aliphatic rings. The van der Waals surface area contributed by atoms with Crippen LogP contribution in [0.15, 0.2) is 83.7 Å². The van der Waals surface area contributed by atoms with Crippen LogP contribution in [0.1, 0.15) is 21.6 Å². The van der Waals surface area contributed by atoms with Gasteiger partial charge < -0.3 is 14.8 Å². The Hall–Kier alpha value is -4.46. The second kappa shape index (κ2) is 11.1. The average molecular weight is 430 g/mol.